The lowest BCUT2D eigenvalue weighted by Gasteiger charge is -1.99. The summed E-state index contributed by atoms with van der Waals surface area (Å²) in [6, 6.07) is 0. The molecule has 6 heteroatoms. The average molecular weight is 195 g/mol. The van der Waals surface area contributed by atoms with E-state index in [2.05, 4.69) is 20.5 Å². The molecule has 2 heterocycles. The van der Waals surface area contributed by atoms with Crippen LogP contribution in [0.15, 0.2) is 17.8 Å². The first kappa shape index (κ1) is 8.06. The fraction of sp³-hybridized carbons (Fsp3) is 0.143. The molecule has 4 N–H and O–H groups in total. The number of nitrogens with zero attached hydrogens (tertiary/aromatic N) is 2. The molecule has 0 fully saturated rings. The van der Waals surface area contributed by atoms with Crippen LogP contribution in [0, 0.1) is 0 Å². The van der Waals surface area contributed by atoms with E-state index in [9.17, 15) is 0 Å². The van der Waals surface area contributed by atoms with Crippen LogP contribution in [0.4, 0.5) is 10.9 Å². The second-order valence-electron chi connectivity index (χ2n) is 2.50. The van der Waals surface area contributed by atoms with E-state index in [0.717, 1.165) is 10.7 Å². The van der Waals surface area contributed by atoms with E-state index < -0.39 is 0 Å². The minimum atomic E-state index is 0.601. The van der Waals surface area contributed by atoms with Crippen LogP contribution in [0.25, 0.3) is 0 Å². The van der Waals surface area contributed by atoms with Gasteiger partial charge in [0.1, 0.15) is 5.82 Å². The molecule has 0 aliphatic heterocycles. The van der Waals surface area contributed by atoms with Crippen molar-refractivity contribution in [3.05, 3.63) is 23.3 Å². The summed E-state index contributed by atoms with van der Waals surface area (Å²) in [7, 11) is 0. The van der Waals surface area contributed by atoms with Gasteiger partial charge in [-0.25, -0.2) is 4.98 Å². The van der Waals surface area contributed by atoms with Crippen molar-refractivity contribution >= 4 is 22.3 Å². The highest BCUT2D eigenvalue weighted by Gasteiger charge is 2.00. The van der Waals surface area contributed by atoms with Crippen LogP contribution in [0.2, 0.25) is 0 Å². The molecule has 5 nitrogen and oxygen atoms in total. The third kappa shape index (κ3) is 1.78. The SMILES string of the molecule is Nc1[nH]ncc1CNc1nccs1. The standard InChI is InChI=1S/C7H9N5S/c8-6-5(4-11-12-6)3-10-7-9-1-2-13-7/h1-2,4H,3H2,(H,9,10)(H3,8,11,12). The Balaban J connectivity index is 1.97. The molecule has 0 atom stereocenters. The molecule has 0 spiro atoms. The summed E-state index contributed by atoms with van der Waals surface area (Å²) in [6.07, 6.45) is 3.46. The highest BCUT2D eigenvalue weighted by atomic mass is 32.1. The van der Waals surface area contributed by atoms with Crippen molar-refractivity contribution in [1.82, 2.24) is 15.2 Å². The summed E-state index contributed by atoms with van der Waals surface area (Å²) in [5.41, 5.74) is 6.56. The number of nitrogen functional groups attached to an aromatic ring is 1. The van der Waals surface area contributed by atoms with Crippen molar-refractivity contribution in [2.24, 2.45) is 0 Å². The van der Waals surface area contributed by atoms with Crippen LogP contribution < -0.4 is 11.1 Å². The number of hydrogen-bond donors (Lipinski definition) is 3. The van der Waals surface area contributed by atoms with Crippen molar-refractivity contribution < 1.29 is 0 Å². The van der Waals surface area contributed by atoms with Crippen molar-refractivity contribution in [1.29, 1.82) is 0 Å². The van der Waals surface area contributed by atoms with E-state index in [1.54, 1.807) is 23.7 Å². The van der Waals surface area contributed by atoms with Gasteiger partial charge in [0.05, 0.1) is 6.20 Å². The van der Waals surface area contributed by atoms with Gasteiger partial charge in [0, 0.05) is 23.7 Å². The van der Waals surface area contributed by atoms with Crippen molar-refractivity contribution in [3.8, 4) is 0 Å². The molecule has 0 saturated heterocycles. The van der Waals surface area contributed by atoms with Crippen LogP contribution in [-0.2, 0) is 6.54 Å². The van der Waals surface area contributed by atoms with E-state index in [1.165, 1.54) is 0 Å². The molecular weight excluding hydrogens is 186 g/mol. The fourth-order valence-electron chi connectivity index (χ4n) is 0.944. The lowest BCUT2D eigenvalue weighted by Crippen LogP contribution is -2.00. The van der Waals surface area contributed by atoms with E-state index in [4.69, 9.17) is 5.73 Å². The van der Waals surface area contributed by atoms with Gasteiger partial charge in [0.15, 0.2) is 5.13 Å². The predicted molar refractivity (Wildman–Crippen MR) is 52.4 cm³/mol. The van der Waals surface area contributed by atoms with Gasteiger partial charge < -0.3 is 11.1 Å². The number of hydrogen-bond acceptors (Lipinski definition) is 5. The maximum Gasteiger partial charge on any atom is 0.182 e. The van der Waals surface area contributed by atoms with Gasteiger partial charge in [-0.05, 0) is 0 Å². The van der Waals surface area contributed by atoms with E-state index in [1.807, 2.05) is 5.38 Å². The van der Waals surface area contributed by atoms with Crippen LogP contribution in [0.1, 0.15) is 5.56 Å². The molecule has 2 aromatic heterocycles. The molecule has 0 radical (unpaired) electrons. The second kappa shape index (κ2) is 3.44. The van der Waals surface area contributed by atoms with E-state index in [0.29, 0.717) is 12.4 Å². The Morgan fingerprint density at radius 1 is 1.62 bits per heavy atom. The number of nitrogens with two attached hydrogens (primary N) is 1. The molecule has 0 aliphatic carbocycles. The van der Waals surface area contributed by atoms with Crippen molar-refractivity contribution in [2.45, 2.75) is 6.54 Å². The number of anilines is 2. The number of rotatable bonds is 3. The van der Waals surface area contributed by atoms with Gasteiger partial charge in [-0.3, -0.25) is 5.10 Å². The molecule has 13 heavy (non-hydrogen) atoms. The molecule has 0 amide bonds. The van der Waals surface area contributed by atoms with Crippen LogP contribution in [0.5, 0.6) is 0 Å². The largest absolute Gasteiger partial charge is 0.384 e. The van der Waals surface area contributed by atoms with Crippen molar-refractivity contribution in [3.63, 3.8) is 0 Å². The Bertz CT molecular complexity index is 366. The maximum absolute atomic E-state index is 5.60. The van der Waals surface area contributed by atoms with Gasteiger partial charge in [-0.15, -0.1) is 11.3 Å². The molecule has 2 aromatic rings. The Morgan fingerprint density at radius 3 is 3.15 bits per heavy atom. The molecule has 0 bridgehead atoms. The fourth-order valence-corrected chi connectivity index (χ4v) is 1.47. The molecule has 0 unspecified atom stereocenters. The monoisotopic (exact) mass is 195 g/mol. The highest BCUT2D eigenvalue weighted by Crippen LogP contribution is 2.13. The zero-order chi connectivity index (χ0) is 9.10. The average Bonchev–Trinajstić information content (AvgIpc) is 2.72. The second-order valence-corrected chi connectivity index (χ2v) is 3.39. The normalized spacial score (nSPS) is 10.2. The molecule has 2 rings (SSSR count). The number of aromatic amines is 1. The Hall–Kier alpha value is -1.56. The summed E-state index contributed by atoms with van der Waals surface area (Å²) in [5, 5.41) is 12.4. The maximum atomic E-state index is 5.60. The number of nitrogens with one attached hydrogen (secondary N) is 2. The summed E-state index contributed by atoms with van der Waals surface area (Å²) in [4.78, 5) is 4.08. The van der Waals surface area contributed by atoms with Crippen LogP contribution in [0.3, 0.4) is 0 Å². The first-order valence-corrected chi connectivity index (χ1v) is 4.65. The van der Waals surface area contributed by atoms with Crippen LogP contribution >= 0.6 is 11.3 Å². The molecule has 0 aliphatic rings. The predicted octanol–water partition coefficient (Wildman–Crippen LogP) is 1.06. The molecule has 68 valence electrons. The minimum absolute atomic E-state index is 0.601. The van der Waals surface area contributed by atoms with Gasteiger partial charge >= 0.3 is 0 Å². The highest BCUT2D eigenvalue weighted by molar-refractivity contribution is 7.13. The lowest BCUT2D eigenvalue weighted by atomic mass is 10.3. The molecule has 0 saturated carbocycles. The quantitative estimate of drug-likeness (QED) is 0.684. The van der Waals surface area contributed by atoms with Crippen LogP contribution in [-0.4, -0.2) is 15.2 Å². The summed E-state index contributed by atoms with van der Waals surface area (Å²) >= 11 is 1.56. The third-order valence-corrected chi connectivity index (χ3v) is 2.34. The number of H-pyrrole nitrogens is 1. The Labute approximate surface area is 79.0 Å². The lowest BCUT2D eigenvalue weighted by molar-refractivity contribution is 1.10. The summed E-state index contributed by atoms with van der Waals surface area (Å²) in [5.74, 6) is 0.601. The first-order chi connectivity index (χ1) is 6.36. The van der Waals surface area contributed by atoms with Gasteiger partial charge in [-0.2, -0.15) is 5.10 Å². The Morgan fingerprint density at radius 2 is 2.54 bits per heavy atom. The van der Waals surface area contributed by atoms with Gasteiger partial charge in [-0.1, -0.05) is 0 Å². The number of aromatic nitrogens is 3. The Kier molecular flexibility index (Phi) is 2.13. The molecule has 0 aromatic carbocycles. The van der Waals surface area contributed by atoms with Crippen molar-refractivity contribution in [2.75, 3.05) is 11.1 Å². The zero-order valence-corrected chi connectivity index (χ0v) is 7.64. The van der Waals surface area contributed by atoms with Gasteiger partial charge in [0.25, 0.3) is 0 Å². The minimum Gasteiger partial charge on any atom is -0.384 e. The zero-order valence-electron chi connectivity index (χ0n) is 6.82. The van der Waals surface area contributed by atoms with E-state index >= 15 is 0 Å². The topological polar surface area (TPSA) is 79.6 Å². The number of thiazole rings is 1. The smallest absolute Gasteiger partial charge is 0.182 e. The summed E-state index contributed by atoms with van der Waals surface area (Å²) < 4.78 is 0. The molecular formula is C7H9N5S. The summed E-state index contributed by atoms with van der Waals surface area (Å²) in [6.45, 7) is 0.649. The third-order valence-electron chi connectivity index (χ3n) is 1.61. The van der Waals surface area contributed by atoms with E-state index in [-0.39, 0.29) is 0 Å². The first-order valence-electron chi connectivity index (χ1n) is 3.77. The van der Waals surface area contributed by atoms with Gasteiger partial charge in [0.2, 0.25) is 0 Å².